The van der Waals surface area contributed by atoms with E-state index in [1.807, 2.05) is 30.1 Å². The highest BCUT2D eigenvalue weighted by atomic mass is 32.1. The van der Waals surface area contributed by atoms with E-state index in [4.69, 9.17) is 9.72 Å². The lowest BCUT2D eigenvalue weighted by Crippen LogP contribution is -2.41. The van der Waals surface area contributed by atoms with Crippen molar-refractivity contribution in [3.63, 3.8) is 0 Å². The van der Waals surface area contributed by atoms with Gasteiger partial charge in [0.25, 0.3) is 0 Å². The van der Waals surface area contributed by atoms with Crippen LogP contribution in [0.15, 0.2) is 60.7 Å². The molecule has 34 heavy (non-hydrogen) atoms. The molecule has 6 rings (SSSR count). The quantitative estimate of drug-likeness (QED) is 0.335. The molecule has 0 bridgehead atoms. The Morgan fingerprint density at radius 1 is 1.03 bits per heavy atom. The average molecular weight is 474 g/mol. The number of ether oxygens (including phenoxy) is 1. The lowest BCUT2D eigenvalue weighted by atomic mass is 9.92. The molecule has 4 aromatic rings. The third-order valence-corrected chi connectivity index (χ3v) is 8.32. The number of anilines is 1. The Morgan fingerprint density at radius 3 is 2.44 bits per heavy atom. The van der Waals surface area contributed by atoms with Crippen LogP contribution in [-0.4, -0.2) is 35.6 Å². The Kier molecular flexibility index (Phi) is 4.74. The van der Waals surface area contributed by atoms with Gasteiger partial charge in [0.05, 0.1) is 12.8 Å². The summed E-state index contributed by atoms with van der Waals surface area (Å²) in [6.07, 6.45) is 3.57. The number of thiazole rings is 1. The van der Waals surface area contributed by atoms with E-state index in [1.165, 1.54) is 30.1 Å². The van der Waals surface area contributed by atoms with Crippen LogP contribution in [0.2, 0.25) is 0 Å². The molecule has 2 aromatic heterocycles. The van der Waals surface area contributed by atoms with Crippen molar-refractivity contribution in [2.45, 2.75) is 36.6 Å². The maximum atomic E-state index is 15.2. The predicted octanol–water partition coefficient (Wildman–Crippen LogP) is 5.72. The van der Waals surface area contributed by atoms with Crippen LogP contribution in [-0.2, 0) is 14.9 Å². The van der Waals surface area contributed by atoms with E-state index in [1.54, 1.807) is 6.07 Å². The van der Waals surface area contributed by atoms with Crippen molar-refractivity contribution < 1.29 is 13.9 Å². The molecule has 2 aliphatic carbocycles. The number of methoxy groups -OCH3 is 1. The number of halogens is 1. The molecule has 0 amide bonds. The molecule has 0 saturated heterocycles. The summed E-state index contributed by atoms with van der Waals surface area (Å²) in [7, 11) is 3.19. The number of benzene rings is 2. The summed E-state index contributed by atoms with van der Waals surface area (Å²) < 4.78 is 20.2. The van der Waals surface area contributed by atoms with Crippen LogP contribution >= 0.6 is 11.3 Å². The van der Waals surface area contributed by atoms with Crippen molar-refractivity contribution in [3.8, 4) is 10.6 Å². The molecule has 0 spiro atoms. The molecule has 7 heteroatoms. The highest BCUT2D eigenvalue weighted by Gasteiger charge is 2.55. The Labute approximate surface area is 201 Å². The van der Waals surface area contributed by atoms with Crippen molar-refractivity contribution in [1.82, 2.24) is 9.97 Å². The fourth-order valence-electron chi connectivity index (χ4n) is 4.89. The normalized spacial score (nSPS) is 17.4. The summed E-state index contributed by atoms with van der Waals surface area (Å²) in [5.41, 5.74) is 3.49. The Hall–Kier alpha value is -3.32. The van der Waals surface area contributed by atoms with Gasteiger partial charge in [-0.2, -0.15) is 0 Å². The van der Waals surface area contributed by atoms with Gasteiger partial charge < -0.3 is 9.64 Å². The number of pyridine rings is 1. The highest BCUT2D eigenvalue weighted by molar-refractivity contribution is 7.21. The van der Waals surface area contributed by atoms with Crippen molar-refractivity contribution in [2.24, 2.45) is 0 Å². The minimum absolute atomic E-state index is 0.0184. The molecule has 2 aliphatic rings. The zero-order valence-electron chi connectivity index (χ0n) is 19.0. The second-order valence-electron chi connectivity index (χ2n) is 9.23. The maximum absolute atomic E-state index is 15.2. The zero-order valence-corrected chi connectivity index (χ0v) is 19.9. The van der Waals surface area contributed by atoms with Gasteiger partial charge in [-0.15, -0.1) is 0 Å². The second kappa shape index (κ2) is 7.60. The summed E-state index contributed by atoms with van der Waals surface area (Å²) in [6, 6.07) is 19.6. The molecule has 172 valence electrons. The van der Waals surface area contributed by atoms with Gasteiger partial charge in [0, 0.05) is 23.7 Å². The van der Waals surface area contributed by atoms with Gasteiger partial charge >= 0.3 is 5.97 Å². The first-order chi connectivity index (χ1) is 16.5. The number of fused-ring (bicyclic) bond motifs is 1. The first-order valence-electron chi connectivity index (χ1n) is 11.4. The standard InChI is InChI=1S/C27H24FN3O2S/c1-31(27(14-15-27)25(32)33-2)18-8-9-19(20(28)16-18)23-29-21-10-11-22(30-24(21)34-23)26(12-13-26)17-6-4-3-5-7-17/h3-11,16H,12-15H2,1-2H3. The number of hydrogen-bond acceptors (Lipinski definition) is 6. The second-order valence-corrected chi connectivity index (χ2v) is 10.2. The smallest absolute Gasteiger partial charge is 0.331 e. The summed E-state index contributed by atoms with van der Waals surface area (Å²) in [5.74, 6) is -0.649. The van der Waals surface area contributed by atoms with E-state index in [9.17, 15) is 4.79 Å². The van der Waals surface area contributed by atoms with Crippen molar-refractivity contribution in [1.29, 1.82) is 0 Å². The van der Waals surface area contributed by atoms with E-state index in [-0.39, 0.29) is 17.2 Å². The third kappa shape index (κ3) is 3.21. The van der Waals surface area contributed by atoms with Crippen molar-refractivity contribution in [2.75, 3.05) is 19.1 Å². The number of rotatable bonds is 6. The van der Waals surface area contributed by atoms with Crippen LogP contribution in [0.5, 0.6) is 0 Å². The summed E-state index contributed by atoms with van der Waals surface area (Å²) in [4.78, 5) is 24.5. The van der Waals surface area contributed by atoms with Gasteiger partial charge in [0.15, 0.2) is 0 Å². The molecule has 0 N–H and O–H groups in total. The largest absolute Gasteiger partial charge is 0.467 e. The van der Waals surface area contributed by atoms with Crippen molar-refractivity contribution in [3.05, 3.63) is 77.7 Å². The van der Waals surface area contributed by atoms with Gasteiger partial charge in [-0.25, -0.2) is 19.2 Å². The van der Waals surface area contributed by atoms with Gasteiger partial charge in [-0.3, -0.25) is 0 Å². The van der Waals surface area contributed by atoms with Crippen LogP contribution in [0, 0.1) is 5.82 Å². The molecular weight excluding hydrogens is 449 g/mol. The molecule has 5 nitrogen and oxygen atoms in total. The highest BCUT2D eigenvalue weighted by Crippen LogP contribution is 2.53. The van der Waals surface area contributed by atoms with Gasteiger partial charge in [0.2, 0.25) is 0 Å². The number of carbonyl (C=O) groups is 1. The summed E-state index contributed by atoms with van der Waals surface area (Å²) >= 11 is 1.41. The van der Waals surface area contributed by atoms with Crippen molar-refractivity contribution >= 4 is 33.3 Å². The van der Waals surface area contributed by atoms with Gasteiger partial charge in [-0.05, 0) is 61.6 Å². The van der Waals surface area contributed by atoms with Crippen LogP contribution in [0.1, 0.15) is 36.9 Å². The first-order valence-corrected chi connectivity index (χ1v) is 12.2. The van der Waals surface area contributed by atoms with Gasteiger partial charge in [-0.1, -0.05) is 41.7 Å². The third-order valence-electron chi connectivity index (χ3n) is 7.32. The number of likely N-dealkylation sites (N-methyl/N-ethyl adjacent to an activating group) is 1. The topological polar surface area (TPSA) is 55.3 Å². The monoisotopic (exact) mass is 473 g/mol. The van der Waals surface area contributed by atoms with E-state index in [2.05, 4.69) is 35.3 Å². The molecule has 0 radical (unpaired) electrons. The Bertz CT molecular complexity index is 1410. The van der Waals surface area contributed by atoms with E-state index in [0.29, 0.717) is 29.1 Å². The lowest BCUT2D eigenvalue weighted by Gasteiger charge is -2.28. The zero-order chi connectivity index (χ0) is 23.5. The molecule has 2 aromatic carbocycles. The lowest BCUT2D eigenvalue weighted by molar-refractivity contribution is -0.143. The molecule has 2 heterocycles. The minimum Gasteiger partial charge on any atom is -0.467 e. The fourth-order valence-corrected chi connectivity index (χ4v) is 5.86. The minimum atomic E-state index is -0.684. The number of carbonyl (C=O) groups excluding carboxylic acids is 1. The van der Waals surface area contributed by atoms with Crippen LogP contribution in [0.25, 0.3) is 20.9 Å². The SMILES string of the molecule is COC(=O)C1(N(C)c2ccc(-c3nc4ccc(C5(c6ccccc6)CC5)nc4s3)c(F)c2)CC1. The molecule has 0 unspecified atom stereocenters. The Balaban J connectivity index is 1.32. The van der Waals surface area contributed by atoms with Crippen LogP contribution in [0.3, 0.4) is 0 Å². The number of nitrogens with zero attached hydrogens (tertiary/aromatic N) is 3. The number of aromatic nitrogens is 2. The molecule has 2 saturated carbocycles. The fraction of sp³-hybridized carbons (Fsp3) is 0.296. The van der Waals surface area contributed by atoms with Crippen LogP contribution < -0.4 is 4.90 Å². The molecule has 0 aliphatic heterocycles. The molecular formula is C27H24FN3O2S. The number of esters is 1. The average Bonchev–Trinajstić information content (AvgIpc) is 3.79. The predicted molar refractivity (Wildman–Crippen MR) is 132 cm³/mol. The van der Waals surface area contributed by atoms with Crippen LogP contribution in [0.4, 0.5) is 10.1 Å². The first kappa shape index (κ1) is 21.2. The van der Waals surface area contributed by atoms with E-state index < -0.39 is 5.54 Å². The summed E-state index contributed by atoms with van der Waals surface area (Å²) in [6.45, 7) is 0. The van der Waals surface area contributed by atoms with E-state index >= 15 is 4.39 Å². The molecule has 0 atom stereocenters. The Morgan fingerprint density at radius 2 is 1.79 bits per heavy atom. The van der Waals surface area contributed by atoms with Gasteiger partial charge in [0.1, 0.15) is 26.7 Å². The summed E-state index contributed by atoms with van der Waals surface area (Å²) in [5, 5.41) is 0.602. The maximum Gasteiger partial charge on any atom is 0.331 e. The van der Waals surface area contributed by atoms with E-state index in [0.717, 1.165) is 28.9 Å². The number of hydrogen-bond donors (Lipinski definition) is 0. The molecule has 2 fully saturated rings.